The zero-order chi connectivity index (χ0) is 10.1. The van der Waals surface area contributed by atoms with Gasteiger partial charge in [-0.15, -0.1) is 0 Å². The van der Waals surface area contributed by atoms with Crippen LogP contribution in [0.25, 0.3) is 0 Å². The van der Waals surface area contributed by atoms with Gasteiger partial charge in [0.15, 0.2) is 5.78 Å². The SMILES string of the molecule is O=C1C(CO)(CO)CC1(CO)CO. The summed E-state index contributed by atoms with van der Waals surface area (Å²) in [7, 11) is 0. The molecule has 13 heavy (non-hydrogen) atoms. The molecule has 4 N–H and O–H groups in total. The van der Waals surface area contributed by atoms with Crippen LogP contribution >= 0.6 is 0 Å². The number of rotatable bonds is 4. The van der Waals surface area contributed by atoms with Crippen LogP contribution in [-0.4, -0.2) is 52.6 Å². The first-order valence-corrected chi connectivity index (χ1v) is 4.09. The van der Waals surface area contributed by atoms with Crippen molar-refractivity contribution in [2.24, 2.45) is 10.8 Å². The van der Waals surface area contributed by atoms with Gasteiger partial charge in [-0.1, -0.05) is 0 Å². The highest BCUT2D eigenvalue weighted by atomic mass is 16.3. The smallest absolute Gasteiger partial charge is 0.154 e. The lowest BCUT2D eigenvalue weighted by atomic mass is 9.52. The van der Waals surface area contributed by atoms with Crippen LogP contribution in [0.1, 0.15) is 6.42 Å². The number of aliphatic hydroxyl groups is 4. The summed E-state index contributed by atoms with van der Waals surface area (Å²) in [5.41, 5.74) is -2.29. The van der Waals surface area contributed by atoms with Crippen LogP contribution in [0, 0.1) is 10.8 Å². The third-order valence-electron chi connectivity index (χ3n) is 2.85. The van der Waals surface area contributed by atoms with Crippen molar-refractivity contribution in [3.05, 3.63) is 0 Å². The van der Waals surface area contributed by atoms with E-state index in [1.165, 1.54) is 0 Å². The topological polar surface area (TPSA) is 98.0 Å². The van der Waals surface area contributed by atoms with Gasteiger partial charge < -0.3 is 20.4 Å². The summed E-state index contributed by atoms with van der Waals surface area (Å²) in [6, 6.07) is 0. The lowest BCUT2D eigenvalue weighted by molar-refractivity contribution is -0.178. The second kappa shape index (κ2) is 3.34. The molecule has 0 unspecified atom stereocenters. The number of carbonyl (C=O) groups excluding carboxylic acids is 1. The molecule has 0 saturated heterocycles. The van der Waals surface area contributed by atoms with Crippen LogP contribution in [0.15, 0.2) is 0 Å². The third kappa shape index (κ3) is 1.20. The quantitative estimate of drug-likeness (QED) is 0.407. The van der Waals surface area contributed by atoms with E-state index in [1.807, 2.05) is 0 Å². The van der Waals surface area contributed by atoms with E-state index < -0.39 is 43.0 Å². The van der Waals surface area contributed by atoms with Crippen molar-refractivity contribution in [3.8, 4) is 0 Å². The van der Waals surface area contributed by atoms with E-state index in [0.717, 1.165) is 0 Å². The van der Waals surface area contributed by atoms with Gasteiger partial charge in [0.05, 0.1) is 37.3 Å². The van der Waals surface area contributed by atoms with Crippen molar-refractivity contribution >= 4 is 5.78 Å². The van der Waals surface area contributed by atoms with Crippen molar-refractivity contribution < 1.29 is 25.2 Å². The molecule has 0 heterocycles. The molecule has 1 fully saturated rings. The van der Waals surface area contributed by atoms with Gasteiger partial charge in [-0.3, -0.25) is 4.79 Å². The molecular weight excluding hydrogens is 176 g/mol. The van der Waals surface area contributed by atoms with Gasteiger partial charge in [0.2, 0.25) is 0 Å². The van der Waals surface area contributed by atoms with Crippen molar-refractivity contribution in [2.45, 2.75) is 6.42 Å². The number of carbonyl (C=O) groups is 1. The molecule has 0 aliphatic heterocycles. The molecule has 0 aromatic rings. The molecule has 0 aromatic heterocycles. The highest BCUT2D eigenvalue weighted by Crippen LogP contribution is 2.49. The van der Waals surface area contributed by atoms with Crippen LogP contribution in [0.4, 0.5) is 0 Å². The van der Waals surface area contributed by atoms with E-state index in [-0.39, 0.29) is 6.42 Å². The van der Waals surface area contributed by atoms with Crippen molar-refractivity contribution in [1.29, 1.82) is 0 Å². The fraction of sp³-hybridized carbons (Fsp3) is 0.875. The van der Waals surface area contributed by atoms with Crippen molar-refractivity contribution in [3.63, 3.8) is 0 Å². The normalized spacial score (nSPS) is 24.2. The number of Topliss-reactive ketones (excluding diaryl/α,β-unsaturated/α-hetero) is 1. The predicted octanol–water partition coefficient (Wildman–Crippen LogP) is -2.10. The summed E-state index contributed by atoms with van der Waals surface area (Å²) < 4.78 is 0. The Labute approximate surface area is 75.6 Å². The zero-order valence-electron chi connectivity index (χ0n) is 7.23. The summed E-state index contributed by atoms with van der Waals surface area (Å²) in [5, 5.41) is 35.5. The first-order chi connectivity index (χ1) is 6.10. The molecule has 0 amide bonds. The number of hydrogen-bond acceptors (Lipinski definition) is 5. The predicted molar refractivity (Wildman–Crippen MR) is 42.8 cm³/mol. The number of aliphatic hydroxyl groups excluding tert-OH is 4. The fourth-order valence-corrected chi connectivity index (χ4v) is 1.87. The molecule has 0 aromatic carbocycles. The Kier molecular flexibility index (Phi) is 2.72. The maximum atomic E-state index is 11.5. The number of ketones is 1. The van der Waals surface area contributed by atoms with Crippen molar-refractivity contribution in [1.82, 2.24) is 0 Å². The van der Waals surface area contributed by atoms with Crippen LogP contribution in [0.2, 0.25) is 0 Å². The van der Waals surface area contributed by atoms with Crippen LogP contribution in [0.3, 0.4) is 0 Å². The van der Waals surface area contributed by atoms with E-state index in [1.54, 1.807) is 0 Å². The van der Waals surface area contributed by atoms with Gasteiger partial charge in [0, 0.05) is 0 Å². The Morgan fingerprint density at radius 3 is 1.38 bits per heavy atom. The van der Waals surface area contributed by atoms with E-state index in [0.29, 0.717) is 0 Å². The molecular formula is C8H14O5. The van der Waals surface area contributed by atoms with Crippen LogP contribution < -0.4 is 0 Å². The van der Waals surface area contributed by atoms with Gasteiger partial charge in [-0.25, -0.2) is 0 Å². The number of hydrogen-bond donors (Lipinski definition) is 4. The van der Waals surface area contributed by atoms with E-state index in [4.69, 9.17) is 20.4 Å². The van der Waals surface area contributed by atoms with E-state index in [2.05, 4.69) is 0 Å². The molecule has 76 valence electrons. The Bertz CT molecular complexity index is 185. The minimum Gasteiger partial charge on any atom is -0.395 e. The second-order valence-electron chi connectivity index (χ2n) is 3.70. The third-order valence-corrected chi connectivity index (χ3v) is 2.85. The molecule has 0 spiro atoms. The Morgan fingerprint density at radius 2 is 1.23 bits per heavy atom. The van der Waals surface area contributed by atoms with Gasteiger partial charge in [0.25, 0.3) is 0 Å². The molecule has 1 aliphatic carbocycles. The summed E-state index contributed by atoms with van der Waals surface area (Å²) in [6.45, 7) is -1.76. The maximum Gasteiger partial charge on any atom is 0.154 e. The largest absolute Gasteiger partial charge is 0.395 e. The molecule has 1 rings (SSSR count). The maximum absolute atomic E-state index is 11.5. The first-order valence-electron chi connectivity index (χ1n) is 4.09. The van der Waals surface area contributed by atoms with Gasteiger partial charge >= 0.3 is 0 Å². The molecule has 1 aliphatic rings. The lowest BCUT2D eigenvalue weighted by Gasteiger charge is -2.50. The van der Waals surface area contributed by atoms with Crippen LogP contribution in [-0.2, 0) is 4.79 Å². The van der Waals surface area contributed by atoms with Gasteiger partial charge in [-0.2, -0.15) is 0 Å². The van der Waals surface area contributed by atoms with E-state index >= 15 is 0 Å². The Balaban J connectivity index is 2.79. The fourth-order valence-electron chi connectivity index (χ4n) is 1.87. The molecule has 0 bridgehead atoms. The van der Waals surface area contributed by atoms with Gasteiger partial charge in [0.1, 0.15) is 0 Å². The molecule has 1 saturated carbocycles. The average Bonchev–Trinajstić information content (AvgIpc) is 2.19. The average molecular weight is 190 g/mol. The minimum absolute atomic E-state index is 0.138. The molecule has 5 nitrogen and oxygen atoms in total. The second-order valence-corrected chi connectivity index (χ2v) is 3.70. The van der Waals surface area contributed by atoms with Crippen LogP contribution in [0.5, 0.6) is 0 Å². The minimum atomic E-state index is -1.15. The standard InChI is InChI=1S/C8H14O5/c9-2-7(3-10)1-8(4-11,5-12)6(7)13/h9-12H,1-5H2. The summed E-state index contributed by atoms with van der Waals surface area (Å²) in [4.78, 5) is 11.5. The Morgan fingerprint density at radius 1 is 0.923 bits per heavy atom. The summed E-state index contributed by atoms with van der Waals surface area (Å²) in [5.74, 6) is -0.449. The van der Waals surface area contributed by atoms with Crippen molar-refractivity contribution in [2.75, 3.05) is 26.4 Å². The molecule has 5 heteroatoms. The lowest BCUT2D eigenvalue weighted by Crippen LogP contribution is -2.64. The monoisotopic (exact) mass is 190 g/mol. The summed E-state index contributed by atoms with van der Waals surface area (Å²) >= 11 is 0. The highest BCUT2D eigenvalue weighted by Gasteiger charge is 2.62. The summed E-state index contributed by atoms with van der Waals surface area (Å²) in [6.07, 6.45) is 0.138. The van der Waals surface area contributed by atoms with E-state index in [9.17, 15) is 4.79 Å². The zero-order valence-corrected chi connectivity index (χ0v) is 7.23. The molecule has 0 radical (unpaired) electrons. The van der Waals surface area contributed by atoms with Gasteiger partial charge in [-0.05, 0) is 6.42 Å². The molecule has 0 atom stereocenters. The first kappa shape index (κ1) is 10.6. The Hall–Kier alpha value is -0.490. The highest BCUT2D eigenvalue weighted by molar-refractivity contribution is 5.97.